The zero-order chi connectivity index (χ0) is 17.8. The lowest BCUT2D eigenvalue weighted by Crippen LogP contribution is -2.20. The van der Waals surface area contributed by atoms with Crippen molar-refractivity contribution in [2.45, 2.75) is 19.8 Å². The van der Waals surface area contributed by atoms with Gasteiger partial charge in [-0.3, -0.25) is 10.1 Å². The van der Waals surface area contributed by atoms with Gasteiger partial charge in [-0.2, -0.15) is 0 Å². The Morgan fingerprint density at radius 3 is 2.64 bits per heavy atom. The van der Waals surface area contributed by atoms with E-state index in [2.05, 4.69) is 24.1 Å². The van der Waals surface area contributed by atoms with Gasteiger partial charge in [-0.25, -0.2) is 4.98 Å². The number of carbonyl (C=O) groups is 1. The van der Waals surface area contributed by atoms with E-state index in [9.17, 15) is 4.79 Å². The first-order chi connectivity index (χ1) is 12.1. The predicted molar refractivity (Wildman–Crippen MR) is 101 cm³/mol. The van der Waals surface area contributed by atoms with Crippen molar-refractivity contribution in [1.82, 2.24) is 4.98 Å². The van der Waals surface area contributed by atoms with Crippen LogP contribution in [0.2, 0.25) is 0 Å². The number of amides is 1. The molecule has 1 aromatic heterocycles. The lowest BCUT2D eigenvalue weighted by Gasteiger charge is -2.08. The Balaban J connectivity index is 1.61. The third-order valence-corrected chi connectivity index (χ3v) is 4.70. The third kappa shape index (κ3) is 4.09. The number of hydrogen-bond donors (Lipinski definition) is 1. The Bertz CT molecular complexity index is 872. The summed E-state index contributed by atoms with van der Waals surface area (Å²) in [5.41, 5.74) is 1.98. The highest BCUT2D eigenvalue weighted by Gasteiger charge is 2.11. The molecule has 0 spiro atoms. The van der Waals surface area contributed by atoms with Crippen LogP contribution in [-0.4, -0.2) is 24.6 Å². The second kappa shape index (κ2) is 7.53. The number of fused-ring (bicyclic) bond motifs is 1. The number of methoxy groups -OCH3 is 1. The van der Waals surface area contributed by atoms with Gasteiger partial charge in [-0.1, -0.05) is 43.4 Å². The minimum absolute atomic E-state index is 0.0614. The quantitative estimate of drug-likeness (QED) is 0.709. The highest BCUT2D eigenvalue weighted by atomic mass is 32.1. The average Bonchev–Trinajstić information content (AvgIpc) is 3.02. The molecule has 1 heterocycles. The fourth-order valence-corrected chi connectivity index (χ4v) is 3.29. The molecular weight excluding hydrogens is 336 g/mol. The van der Waals surface area contributed by atoms with E-state index in [0.717, 1.165) is 10.2 Å². The maximum absolute atomic E-state index is 12.1. The maximum atomic E-state index is 12.1. The average molecular weight is 356 g/mol. The molecule has 0 unspecified atom stereocenters. The number of benzene rings is 2. The second-order valence-corrected chi connectivity index (χ2v) is 6.92. The van der Waals surface area contributed by atoms with Gasteiger partial charge in [0.25, 0.3) is 5.91 Å². The summed E-state index contributed by atoms with van der Waals surface area (Å²) in [5, 5.41) is 3.30. The first-order valence-corrected chi connectivity index (χ1v) is 8.84. The van der Waals surface area contributed by atoms with Crippen molar-refractivity contribution in [2.75, 3.05) is 19.0 Å². The highest BCUT2D eigenvalue weighted by Crippen LogP contribution is 2.32. The molecule has 0 bridgehead atoms. The van der Waals surface area contributed by atoms with Crippen LogP contribution in [0.1, 0.15) is 25.3 Å². The zero-order valence-electron chi connectivity index (χ0n) is 14.4. The molecule has 3 aromatic rings. The van der Waals surface area contributed by atoms with Crippen LogP contribution in [0.3, 0.4) is 0 Å². The van der Waals surface area contributed by atoms with Crippen LogP contribution in [0.5, 0.6) is 11.5 Å². The van der Waals surface area contributed by atoms with Crippen molar-refractivity contribution in [3.63, 3.8) is 0 Å². The monoisotopic (exact) mass is 356 g/mol. The molecule has 2 aromatic carbocycles. The summed E-state index contributed by atoms with van der Waals surface area (Å²) >= 11 is 1.40. The number of carbonyl (C=O) groups excluding carboxylic acids is 1. The SMILES string of the molecule is COc1cccc2sc(NC(=O)COc3ccc(C(C)C)cc3)nc12. The van der Waals surface area contributed by atoms with E-state index in [4.69, 9.17) is 9.47 Å². The zero-order valence-corrected chi connectivity index (χ0v) is 15.2. The molecule has 3 rings (SSSR count). The number of aromatic nitrogens is 1. The number of anilines is 1. The number of nitrogens with one attached hydrogen (secondary N) is 1. The molecule has 0 aliphatic carbocycles. The Labute approximate surface area is 150 Å². The summed E-state index contributed by atoms with van der Waals surface area (Å²) in [5.74, 6) is 1.58. The molecular formula is C19H20N2O3S. The van der Waals surface area contributed by atoms with Gasteiger partial charge in [0.05, 0.1) is 11.8 Å². The fourth-order valence-electron chi connectivity index (χ4n) is 2.39. The molecule has 130 valence electrons. The molecule has 5 nitrogen and oxygen atoms in total. The Morgan fingerprint density at radius 2 is 1.96 bits per heavy atom. The molecule has 1 amide bonds. The highest BCUT2D eigenvalue weighted by molar-refractivity contribution is 7.22. The van der Waals surface area contributed by atoms with Crippen LogP contribution in [0.15, 0.2) is 42.5 Å². The van der Waals surface area contributed by atoms with Gasteiger partial charge in [0.2, 0.25) is 0 Å². The Morgan fingerprint density at radius 1 is 1.20 bits per heavy atom. The molecule has 1 N–H and O–H groups in total. The molecule has 0 atom stereocenters. The van der Waals surface area contributed by atoms with Gasteiger partial charge in [-0.05, 0) is 35.7 Å². The number of ether oxygens (including phenoxy) is 2. The molecule has 0 aliphatic heterocycles. The van der Waals surface area contributed by atoms with Crippen LogP contribution < -0.4 is 14.8 Å². The lowest BCUT2D eigenvalue weighted by atomic mass is 10.0. The fraction of sp³-hybridized carbons (Fsp3) is 0.263. The number of rotatable bonds is 6. The van der Waals surface area contributed by atoms with E-state index >= 15 is 0 Å². The molecule has 0 saturated carbocycles. The standard InChI is InChI=1S/C19H20N2O3S/c1-12(2)13-7-9-14(10-8-13)24-11-17(22)20-19-21-18-15(23-3)5-4-6-16(18)25-19/h4-10,12H,11H2,1-3H3,(H,20,21,22). The summed E-state index contributed by atoms with van der Waals surface area (Å²) in [4.78, 5) is 16.5. The topological polar surface area (TPSA) is 60.5 Å². The van der Waals surface area contributed by atoms with Crippen molar-refractivity contribution >= 4 is 32.6 Å². The van der Waals surface area contributed by atoms with E-state index < -0.39 is 0 Å². The first kappa shape index (κ1) is 17.2. The number of nitrogens with zero attached hydrogens (tertiary/aromatic N) is 1. The molecule has 0 aliphatic rings. The van der Waals surface area contributed by atoms with E-state index in [1.165, 1.54) is 16.9 Å². The van der Waals surface area contributed by atoms with Crippen LogP contribution >= 0.6 is 11.3 Å². The van der Waals surface area contributed by atoms with Gasteiger partial charge in [0.1, 0.15) is 17.0 Å². The summed E-state index contributed by atoms with van der Waals surface area (Å²) in [6.07, 6.45) is 0. The second-order valence-electron chi connectivity index (χ2n) is 5.89. The first-order valence-electron chi connectivity index (χ1n) is 8.03. The smallest absolute Gasteiger partial charge is 0.264 e. The lowest BCUT2D eigenvalue weighted by molar-refractivity contribution is -0.118. The van der Waals surface area contributed by atoms with Crippen LogP contribution in [-0.2, 0) is 4.79 Å². The van der Waals surface area contributed by atoms with E-state index in [1.807, 2.05) is 42.5 Å². The van der Waals surface area contributed by atoms with E-state index in [-0.39, 0.29) is 12.5 Å². The van der Waals surface area contributed by atoms with E-state index in [0.29, 0.717) is 22.5 Å². The molecule has 6 heteroatoms. The van der Waals surface area contributed by atoms with Gasteiger partial charge >= 0.3 is 0 Å². The maximum Gasteiger partial charge on any atom is 0.264 e. The Kier molecular flexibility index (Phi) is 5.19. The van der Waals surface area contributed by atoms with Crippen molar-refractivity contribution in [2.24, 2.45) is 0 Å². The number of para-hydroxylation sites is 1. The van der Waals surface area contributed by atoms with Crippen LogP contribution in [0.4, 0.5) is 5.13 Å². The van der Waals surface area contributed by atoms with Crippen molar-refractivity contribution in [3.8, 4) is 11.5 Å². The van der Waals surface area contributed by atoms with Crippen LogP contribution in [0.25, 0.3) is 10.2 Å². The molecule has 0 radical (unpaired) electrons. The predicted octanol–water partition coefficient (Wildman–Crippen LogP) is 4.45. The number of thiazole rings is 1. The normalized spacial score (nSPS) is 10.9. The van der Waals surface area contributed by atoms with Gasteiger partial charge in [0, 0.05) is 0 Å². The number of hydrogen-bond acceptors (Lipinski definition) is 5. The van der Waals surface area contributed by atoms with E-state index in [1.54, 1.807) is 7.11 Å². The van der Waals surface area contributed by atoms with Gasteiger partial charge in [0.15, 0.2) is 11.7 Å². The molecule has 25 heavy (non-hydrogen) atoms. The van der Waals surface area contributed by atoms with Gasteiger partial charge < -0.3 is 9.47 Å². The van der Waals surface area contributed by atoms with Crippen molar-refractivity contribution < 1.29 is 14.3 Å². The largest absolute Gasteiger partial charge is 0.494 e. The minimum atomic E-state index is -0.244. The molecule has 0 fully saturated rings. The summed E-state index contributed by atoms with van der Waals surface area (Å²) < 4.78 is 11.8. The minimum Gasteiger partial charge on any atom is -0.494 e. The molecule has 0 saturated heterocycles. The third-order valence-electron chi connectivity index (χ3n) is 3.76. The Hall–Kier alpha value is -2.60. The van der Waals surface area contributed by atoms with Gasteiger partial charge in [-0.15, -0.1) is 0 Å². The summed E-state index contributed by atoms with van der Waals surface area (Å²) in [7, 11) is 1.60. The summed E-state index contributed by atoms with van der Waals surface area (Å²) in [6, 6.07) is 13.5. The van der Waals surface area contributed by atoms with Crippen LogP contribution in [0, 0.1) is 0 Å². The van der Waals surface area contributed by atoms with Crippen molar-refractivity contribution in [3.05, 3.63) is 48.0 Å². The van der Waals surface area contributed by atoms with Crippen molar-refractivity contribution in [1.29, 1.82) is 0 Å². The summed E-state index contributed by atoms with van der Waals surface area (Å²) in [6.45, 7) is 4.21.